The van der Waals surface area contributed by atoms with E-state index in [9.17, 15) is 35.5 Å². The van der Waals surface area contributed by atoms with E-state index in [-0.39, 0.29) is 6.61 Å². The Morgan fingerprint density at radius 1 is 1.03 bits per heavy atom. The number of hydrogen-bond donors (Lipinski definition) is 0. The molecule has 30 heavy (non-hydrogen) atoms. The average Bonchev–Trinajstić information content (AvgIpc) is 3.19. The van der Waals surface area contributed by atoms with E-state index in [2.05, 4.69) is 0 Å². The molecule has 0 saturated heterocycles. The van der Waals surface area contributed by atoms with E-state index in [0.29, 0.717) is 6.08 Å². The number of carbonyl (C=O) groups excluding carboxylic acids is 1. The summed E-state index contributed by atoms with van der Waals surface area (Å²) in [6.07, 6.45) is -4.13. The van der Waals surface area contributed by atoms with Crippen molar-refractivity contribution >= 4 is 17.6 Å². The largest absolute Gasteiger partial charge is 0.460 e. The molecule has 0 spiro atoms. The van der Waals surface area contributed by atoms with Crippen LogP contribution in [0.2, 0.25) is 0 Å². The van der Waals surface area contributed by atoms with Crippen LogP contribution in [0.1, 0.15) is 31.9 Å². The van der Waals surface area contributed by atoms with Crippen molar-refractivity contribution in [2.45, 2.75) is 40.2 Å². The summed E-state index contributed by atoms with van der Waals surface area (Å²) in [5.41, 5.74) is -3.06. The SMILES string of the molecule is CCOCc1c(F)c(F)c(COC(=O)[C@H]2[C@@H](/C=C(\Cl)C(F)(F)F)C2(C)C)c(F)c1F. The van der Waals surface area contributed by atoms with E-state index in [1.54, 1.807) is 0 Å². The number of benzene rings is 1. The van der Waals surface area contributed by atoms with Gasteiger partial charge in [-0.1, -0.05) is 31.5 Å². The number of carbonyl (C=O) groups is 1. The lowest BCUT2D eigenvalue weighted by Crippen LogP contribution is -2.15. The highest BCUT2D eigenvalue weighted by molar-refractivity contribution is 6.30. The minimum atomic E-state index is -4.79. The zero-order valence-corrected chi connectivity index (χ0v) is 16.9. The standard InChI is InChI=1S/C19H18ClF7O3/c1-4-29-6-8-13(21)15(23)9(16(24)14(8)22)7-30-17(28)12-10(18(12,2)3)5-11(20)19(25,26)27/h5,10,12H,4,6-7H2,1-3H3/b11-5-/t10-,12-/m1/s1. The molecule has 1 fully saturated rings. The van der Waals surface area contributed by atoms with Crippen molar-refractivity contribution in [2.24, 2.45) is 17.3 Å². The molecule has 2 atom stereocenters. The molecule has 2 rings (SSSR count). The summed E-state index contributed by atoms with van der Waals surface area (Å²) in [4.78, 5) is 12.2. The Hall–Kier alpha value is -1.81. The zero-order chi connectivity index (χ0) is 23.0. The van der Waals surface area contributed by atoms with Crippen LogP contribution in [0.3, 0.4) is 0 Å². The lowest BCUT2D eigenvalue weighted by atomic mass is 10.1. The third-order valence-electron chi connectivity index (χ3n) is 5.02. The van der Waals surface area contributed by atoms with Crippen LogP contribution in [-0.4, -0.2) is 18.8 Å². The van der Waals surface area contributed by atoms with Gasteiger partial charge in [-0.05, 0) is 18.3 Å². The summed E-state index contributed by atoms with van der Waals surface area (Å²) in [5.74, 6) is -9.95. The Labute approximate surface area is 172 Å². The first-order chi connectivity index (χ1) is 13.7. The van der Waals surface area contributed by atoms with Gasteiger partial charge in [0.15, 0.2) is 23.3 Å². The third-order valence-corrected chi connectivity index (χ3v) is 5.36. The van der Waals surface area contributed by atoms with Crippen LogP contribution in [0.15, 0.2) is 11.1 Å². The number of esters is 1. The number of ether oxygens (including phenoxy) is 2. The Balaban J connectivity index is 2.17. The van der Waals surface area contributed by atoms with Crippen LogP contribution in [-0.2, 0) is 27.5 Å². The summed E-state index contributed by atoms with van der Waals surface area (Å²) >= 11 is 5.18. The molecule has 11 heteroatoms. The maximum atomic E-state index is 14.1. The Morgan fingerprint density at radius 3 is 1.93 bits per heavy atom. The molecule has 0 heterocycles. The highest BCUT2D eigenvalue weighted by Crippen LogP contribution is 2.60. The maximum absolute atomic E-state index is 14.1. The van der Waals surface area contributed by atoms with E-state index in [1.165, 1.54) is 20.8 Å². The highest BCUT2D eigenvalue weighted by Gasteiger charge is 2.62. The Morgan fingerprint density at radius 2 is 1.50 bits per heavy atom. The van der Waals surface area contributed by atoms with Gasteiger partial charge in [0.25, 0.3) is 0 Å². The Bertz CT molecular complexity index is 836. The lowest BCUT2D eigenvalue weighted by molar-refractivity contribution is -0.147. The summed E-state index contributed by atoms with van der Waals surface area (Å²) < 4.78 is 104. The quantitative estimate of drug-likeness (QED) is 0.293. The predicted octanol–water partition coefficient (Wildman–Crippen LogP) is 5.78. The summed E-state index contributed by atoms with van der Waals surface area (Å²) in [5, 5.41) is -1.41. The second kappa shape index (κ2) is 8.74. The predicted molar refractivity (Wildman–Crippen MR) is 92.2 cm³/mol. The number of allylic oxidation sites excluding steroid dienone is 2. The van der Waals surface area contributed by atoms with Crippen molar-refractivity contribution < 1.29 is 45.0 Å². The molecule has 3 nitrogen and oxygen atoms in total. The third kappa shape index (κ3) is 4.74. The molecular weight excluding hydrogens is 445 g/mol. The van der Waals surface area contributed by atoms with Crippen molar-refractivity contribution in [1.29, 1.82) is 0 Å². The minimum absolute atomic E-state index is 0.0482. The van der Waals surface area contributed by atoms with E-state index in [1.807, 2.05) is 0 Å². The van der Waals surface area contributed by atoms with Crippen LogP contribution >= 0.6 is 11.6 Å². The van der Waals surface area contributed by atoms with E-state index >= 15 is 0 Å². The first kappa shape index (κ1) is 24.5. The summed E-state index contributed by atoms with van der Waals surface area (Å²) in [6.45, 7) is 2.67. The van der Waals surface area contributed by atoms with Gasteiger partial charge in [-0.2, -0.15) is 13.2 Å². The van der Waals surface area contributed by atoms with Gasteiger partial charge in [-0.3, -0.25) is 4.79 Å². The van der Waals surface area contributed by atoms with Gasteiger partial charge in [0.1, 0.15) is 11.6 Å². The fourth-order valence-corrected chi connectivity index (χ4v) is 3.24. The van der Waals surface area contributed by atoms with Crippen molar-refractivity contribution in [1.82, 2.24) is 0 Å². The van der Waals surface area contributed by atoms with Crippen LogP contribution in [0.25, 0.3) is 0 Å². The molecule has 0 unspecified atom stereocenters. The molecule has 0 N–H and O–H groups in total. The molecule has 0 aliphatic heterocycles. The number of alkyl halides is 3. The van der Waals surface area contributed by atoms with Gasteiger partial charge in [-0.15, -0.1) is 0 Å². The molecule has 0 bridgehead atoms. The zero-order valence-electron chi connectivity index (χ0n) is 16.1. The highest BCUT2D eigenvalue weighted by atomic mass is 35.5. The van der Waals surface area contributed by atoms with Crippen LogP contribution in [0, 0.1) is 40.5 Å². The second-order valence-electron chi connectivity index (χ2n) is 7.30. The van der Waals surface area contributed by atoms with Gasteiger partial charge in [0.05, 0.1) is 23.7 Å². The molecule has 1 saturated carbocycles. The second-order valence-corrected chi connectivity index (χ2v) is 7.70. The fraction of sp³-hybridized carbons (Fsp3) is 0.526. The van der Waals surface area contributed by atoms with E-state index in [0.717, 1.165) is 0 Å². The summed E-state index contributed by atoms with van der Waals surface area (Å²) in [7, 11) is 0. The van der Waals surface area contributed by atoms with Crippen molar-refractivity contribution in [3.05, 3.63) is 45.5 Å². The molecule has 1 aliphatic rings. The maximum Gasteiger partial charge on any atom is 0.426 e. The molecule has 0 aromatic heterocycles. The first-order valence-electron chi connectivity index (χ1n) is 8.77. The fourth-order valence-electron chi connectivity index (χ4n) is 3.10. The molecule has 1 aliphatic carbocycles. The van der Waals surface area contributed by atoms with Crippen LogP contribution in [0.4, 0.5) is 30.7 Å². The van der Waals surface area contributed by atoms with Crippen molar-refractivity contribution in [3.8, 4) is 0 Å². The molecule has 1 aromatic carbocycles. The van der Waals surface area contributed by atoms with Gasteiger partial charge >= 0.3 is 12.1 Å². The summed E-state index contributed by atoms with van der Waals surface area (Å²) in [6, 6.07) is 0. The molecular formula is C19H18ClF7O3. The van der Waals surface area contributed by atoms with Crippen molar-refractivity contribution in [3.63, 3.8) is 0 Å². The number of halogens is 8. The normalized spacial score (nSPS) is 21.0. The van der Waals surface area contributed by atoms with Gasteiger partial charge < -0.3 is 9.47 Å². The molecule has 1 aromatic rings. The number of hydrogen-bond acceptors (Lipinski definition) is 3. The van der Waals surface area contributed by atoms with E-state index in [4.69, 9.17) is 21.1 Å². The average molecular weight is 463 g/mol. The van der Waals surface area contributed by atoms with Crippen LogP contribution < -0.4 is 0 Å². The Kier molecular flexibility index (Phi) is 7.13. The first-order valence-corrected chi connectivity index (χ1v) is 9.15. The van der Waals surface area contributed by atoms with Gasteiger partial charge in [0.2, 0.25) is 0 Å². The lowest BCUT2D eigenvalue weighted by Gasteiger charge is -2.12. The van der Waals surface area contributed by atoms with Crippen LogP contribution in [0.5, 0.6) is 0 Å². The monoisotopic (exact) mass is 462 g/mol. The minimum Gasteiger partial charge on any atom is -0.460 e. The smallest absolute Gasteiger partial charge is 0.426 e. The van der Waals surface area contributed by atoms with E-state index < -0.39 is 82.0 Å². The molecule has 168 valence electrons. The molecule has 0 amide bonds. The molecule has 0 radical (unpaired) electrons. The van der Waals surface area contributed by atoms with Gasteiger partial charge in [-0.25, -0.2) is 17.6 Å². The topological polar surface area (TPSA) is 35.5 Å². The number of rotatable bonds is 7. The van der Waals surface area contributed by atoms with Crippen molar-refractivity contribution in [2.75, 3.05) is 6.61 Å². The van der Waals surface area contributed by atoms with Gasteiger partial charge in [0, 0.05) is 6.61 Å².